The zero-order valence-electron chi connectivity index (χ0n) is 15.6. The van der Waals surface area contributed by atoms with E-state index in [1.807, 2.05) is 49.4 Å². The summed E-state index contributed by atoms with van der Waals surface area (Å²) in [5, 5.41) is 17.1. The highest BCUT2D eigenvalue weighted by molar-refractivity contribution is 5.77. The molecule has 0 aliphatic heterocycles. The summed E-state index contributed by atoms with van der Waals surface area (Å²) in [5.41, 5.74) is 0.997. The van der Waals surface area contributed by atoms with Crippen molar-refractivity contribution in [3.63, 3.8) is 0 Å². The average Bonchev–Trinajstić information content (AvgIpc) is 2.72. The maximum atomic E-state index is 11.9. The van der Waals surface area contributed by atoms with Crippen LogP contribution in [0.15, 0.2) is 60.8 Å². The van der Waals surface area contributed by atoms with Crippen LogP contribution < -0.4 is 20.7 Å². The molecule has 0 radical (unpaired) electrons. The SMILES string of the molecule is Cc1ccccc1OCC(=O)NCCNc1ccc(Nc2ccccn2)nn1. The van der Waals surface area contributed by atoms with Crippen molar-refractivity contribution in [2.24, 2.45) is 0 Å². The summed E-state index contributed by atoms with van der Waals surface area (Å²) in [4.78, 5) is 16.0. The zero-order chi connectivity index (χ0) is 19.6. The first-order valence-corrected chi connectivity index (χ1v) is 8.91. The Bertz CT molecular complexity index is 887. The van der Waals surface area contributed by atoms with Crippen LogP contribution in [0, 0.1) is 6.92 Å². The Kier molecular flexibility index (Phi) is 6.73. The summed E-state index contributed by atoms with van der Waals surface area (Å²) in [7, 11) is 0. The second-order valence-electron chi connectivity index (χ2n) is 5.97. The van der Waals surface area contributed by atoms with Crippen molar-refractivity contribution in [1.29, 1.82) is 0 Å². The lowest BCUT2D eigenvalue weighted by molar-refractivity contribution is -0.123. The molecule has 1 aromatic carbocycles. The normalized spacial score (nSPS) is 10.2. The van der Waals surface area contributed by atoms with Gasteiger partial charge in [0.15, 0.2) is 12.4 Å². The van der Waals surface area contributed by atoms with Crippen molar-refractivity contribution in [2.45, 2.75) is 6.92 Å². The van der Waals surface area contributed by atoms with Gasteiger partial charge >= 0.3 is 0 Å². The molecule has 3 aromatic rings. The molecule has 0 spiro atoms. The Hall–Kier alpha value is -3.68. The van der Waals surface area contributed by atoms with Gasteiger partial charge in [0.2, 0.25) is 0 Å². The van der Waals surface area contributed by atoms with Gasteiger partial charge in [0, 0.05) is 19.3 Å². The van der Waals surface area contributed by atoms with E-state index in [1.54, 1.807) is 18.3 Å². The number of hydrogen-bond acceptors (Lipinski definition) is 7. The summed E-state index contributed by atoms with van der Waals surface area (Å²) in [6, 6.07) is 16.8. The van der Waals surface area contributed by atoms with Crippen LogP contribution in [0.2, 0.25) is 0 Å². The molecule has 3 rings (SSSR count). The van der Waals surface area contributed by atoms with Crippen LogP contribution in [-0.4, -0.2) is 40.8 Å². The Morgan fingerprint density at radius 3 is 2.46 bits per heavy atom. The van der Waals surface area contributed by atoms with E-state index in [-0.39, 0.29) is 12.5 Å². The monoisotopic (exact) mass is 378 g/mol. The number of aromatic nitrogens is 3. The van der Waals surface area contributed by atoms with E-state index < -0.39 is 0 Å². The summed E-state index contributed by atoms with van der Waals surface area (Å²) >= 11 is 0. The molecular formula is C20H22N6O2. The van der Waals surface area contributed by atoms with Gasteiger partial charge in [-0.15, -0.1) is 10.2 Å². The fourth-order valence-electron chi connectivity index (χ4n) is 2.37. The molecule has 3 N–H and O–H groups in total. The number of aryl methyl sites for hydroxylation is 1. The minimum atomic E-state index is -0.175. The lowest BCUT2D eigenvalue weighted by Crippen LogP contribution is -2.32. The van der Waals surface area contributed by atoms with E-state index in [9.17, 15) is 4.79 Å². The van der Waals surface area contributed by atoms with Gasteiger partial charge < -0.3 is 20.7 Å². The van der Waals surface area contributed by atoms with Gasteiger partial charge in [-0.1, -0.05) is 24.3 Å². The van der Waals surface area contributed by atoms with Gasteiger partial charge in [-0.3, -0.25) is 4.79 Å². The number of carbonyl (C=O) groups is 1. The van der Waals surface area contributed by atoms with Crippen LogP contribution in [0.4, 0.5) is 17.5 Å². The standard InChI is InChI=1S/C20H22N6O2/c1-15-6-2-3-7-16(15)28-14-20(27)23-13-12-22-18-9-10-19(26-25-18)24-17-8-4-5-11-21-17/h2-11H,12-14H2,1H3,(H,22,25)(H,23,27)(H,21,24,26). The van der Waals surface area contributed by atoms with E-state index in [0.29, 0.717) is 36.3 Å². The second-order valence-corrected chi connectivity index (χ2v) is 5.97. The van der Waals surface area contributed by atoms with Crippen LogP contribution >= 0.6 is 0 Å². The molecule has 1 amide bonds. The number of carbonyl (C=O) groups excluding carboxylic acids is 1. The molecule has 0 fully saturated rings. The Morgan fingerprint density at radius 1 is 0.929 bits per heavy atom. The number of rotatable bonds is 9. The predicted molar refractivity (Wildman–Crippen MR) is 108 cm³/mol. The van der Waals surface area contributed by atoms with Gasteiger partial charge in [-0.25, -0.2) is 4.98 Å². The second kappa shape index (κ2) is 9.86. The molecule has 2 aromatic heterocycles. The number of anilines is 3. The first-order chi connectivity index (χ1) is 13.7. The lowest BCUT2D eigenvalue weighted by atomic mass is 10.2. The smallest absolute Gasteiger partial charge is 0.258 e. The summed E-state index contributed by atoms with van der Waals surface area (Å²) in [5.74, 6) is 2.47. The molecule has 144 valence electrons. The predicted octanol–water partition coefficient (Wildman–Crippen LogP) is 2.53. The fraction of sp³-hybridized carbons (Fsp3) is 0.200. The molecule has 8 heteroatoms. The average molecular weight is 378 g/mol. The van der Waals surface area contributed by atoms with E-state index in [2.05, 4.69) is 31.1 Å². The van der Waals surface area contributed by atoms with Crippen LogP contribution in [-0.2, 0) is 4.79 Å². The summed E-state index contributed by atoms with van der Waals surface area (Å²) in [6.45, 7) is 2.90. The molecular weight excluding hydrogens is 356 g/mol. The molecule has 0 bridgehead atoms. The number of amides is 1. The molecule has 28 heavy (non-hydrogen) atoms. The summed E-state index contributed by atoms with van der Waals surface area (Å²) < 4.78 is 5.51. The van der Waals surface area contributed by atoms with Gasteiger partial charge in [0.1, 0.15) is 17.4 Å². The van der Waals surface area contributed by atoms with E-state index in [1.165, 1.54) is 0 Å². The van der Waals surface area contributed by atoms with Crippen LogP contribution in [0.1, 0.15) is 5.56 Å². The third-order valence-corrected chi connectivity index (χ3v) is 3.79. The zero-order valence-corrected chi connectivity index (χ0v) is 15.6. The molecule has 0 atom stereocenters. The van der Waals surface area contributed by atoms with Crippen molar-refractivity contribution in [3.8, 4) is 5.75 Å². The molecule has 0 aliphatic rings. The van der Waals surface area contributed by atoms with Crippen molar-refractivity contribution in [3.05, 3.63) is 66.4 Å². The number of ether oxygens (including phenoxy) is 1. The third kappa shape index (κ3) is 5.94. The maximum Gasteiger partial charge on any atom is 0.258 e. The minimum absolute atomic E-state index is 0.0153. The molecule has 0 unspecified atom stereocenters. The molecule has 8 nitrogen and oxygen atoms in total. The van der Waals surface area contributed by atoms with Crippen LogP contribution in [0.25, 0.3) is 0 Å². The van der Waals surface area contributed by atoms with Crippen molar-refractivity contribution >= 4 is 23.4 Å². The first kappa shape index (κ1) is 19.1. The van der Waals surface area contributed by atoms with Gasteiger partial charge in [-0.2, -0.15) is 0 Å². The minimum Gasteiger partial charge on any atom is -0.484 e. The number of nitrogens with zero attached hydrogens (tertiary/aromatic N) is 3. The van der Waals surface area contributed by atoms with Crippen molar-refractivity contribution < 1.29 is 9.53 Å². The van der Waals surface area contributed by atoms with E-state index >= 15 is 0 Å². The Balaban J connectivity index is 1.34. The highest BCUT2D eigenvalue weighted by Crippen LogP contribution is 2.15. The van der Waals surface area contributed by atoms with Crippen LogP contribution in [0.3, 0.4) is 0 Å². The Labute approximate surface area is 163 Å². The molecule has 2 heterocycles. The fourth-order valence-corrected chi connectivity index (χ4v) is 2.37. The highest BCUT2D eigenvalue weighted by Gasteiger charge is 2.04. The van der Waals surface area contributed by atoms with Gasteiger partial charge in [-0.05, 0) is 42.8 Å². The third-order valence-electron chi connectivity index (χ3n) is 3.79. The van der Waals surface area contributed by atoms with E-state index in [4.69, 9.17) is 4.74 Å². The largest absolute Gasteiger partial charge is 0.484 e. The molecule has 0 saturated carbocycles. The molecule has 0 saturated heterocycles. The highest BCUT2D eigenvalue weighted by atomic mass is 16.5. The number of para-hydroxylation sites is 1. The molecule has 0 aliphatic carbocycles. The van der Waals surface area contributed by atoms with Gasteiger partial charge in [0.25, 0.3) is 5.91 Å². The number of hydrogen-bond donors (Lipinski definition) is 3. The van der Waals surface area contributed by atoms with Crippen molar-refractivity contribution in [1.82, 2.24) is 20.5 Å². The number of nitrogens with one attached hydrogen (secondary N) is 3. The van der Waals surface area contributed by atoms with Crippen LogP contribution in [0.5, 0.6) is 5.75 Å². The van der Waals surface area contributed by atoms with Crippen molar-refractivity contribution in [2.75, 3.05) is 30.3 Å². The lowest BCUT2D eigenvalue weighted by Gasteiger charge is -2.10. The van der Waals surface area contributed by atoms with E-state index in [0.717, 1.165) is 5.56 Å². The summed E-state index contributed by atoms with van der Waals surface area (Å²) in [6.07, 6.45) is 1.70. The number of pyridine rings is 1. The number of benzene rings is 1. The van der Waals surface area contributed by atoms with Gasteiger partial charge in [0.05, 0.1) is 0 Å². The topological polar surface area (TPSA) is 101 Å². The quantitative estimate of drug-likeness (QED) is 0.492. The maximum absolute atomic E-state index is 11.9. The first-order valence-electron chi connectivity index (χ1n) is 8.91. The Morgan fingerprint density at radius 2 is 1.71 bits per heavy atom.